The van der Waals surface area contributed by atoms with Gasteiger partial charge in [0.05, 0.1) is 0 Å². The molecule has 1 rings (SSSR count). The first-order valence-electron chi connectivity index (χ1n) is 3.56. The lowest BCUT2D eigenvalue weighted by Crippen LogP contribution is -2.07. The zero-order valence-corrected chi connectivity index (χ0v) is 7.05. The van der Waals surface area contributed by atoms with Gasteiger partial charge in [-0.1, -0.05) is 18.2 Å². The Balaban J connectivity index is 0.000000364. The third-order valence-electron chi connectivity index (χ3n) is 0.968. The number of hydrogen-bond donors (Lipinski definition) is 3. The molecule has 0 atom stereocenters. The molecule has 78 valence electrons. The maximum absolute atomic E-state index is 11.5. The van der Waals surface area contributed by atoms with Crippen LogP contribution in [0.2, 0.25) is 0 Å². The highest BCUT2D eigenvalue weighted by atomic mass is 19.3. The Morgan fingerprint density at radius 2 is 1.50 bits per heavy atom. The third-order valence-corrected chi connectivity index (χ3v) is 0.968. The van der Waals surface area contributed by atoms with Crippen LogP contribution in [-0.2, 0) is 0 Å². The summed E-state index contributed by atoms with van der Waals surface area (Å²) in [5, 5.41) is 21.5. The molecule has 14 heavy (non-hydrogen) atoms. The molecule has 0 aliphatic carbocycles. The van der Waals surface area contributed by atoms with Gasteiger partial charge in [0.15, 0.2) is 0 Å². The maximum atomic E-state index is 11.5. The van der Waals surface area contributed by atoms with Crippen molar-refractivity contribution < 1.29 is 28.6 Å². The fourth-order valence-electron chi connectivity index (χ4n) is 0.602. The van der Waals surface area contributed by atoms with Crippen LogP contribution < -0.4 is 4.74 Å². The van der Waals surface area contributed by atoms with Crippen molar-refractivity contribution in [1.29, 1.82) is 0 Å². The smallest absolute Gasteiger partial charge is 0.435 e. The second-order valence-corrected chi connectivity index (χ2v) is 2.04. The Hall–Kier alpha value is -1.18. The zero-order chi connectivity index (χ0) is 11.0. The highest BCUT2D eigenvalue weighted by molar-refractivity contribution is 6.30. The highest BCUT2D eigenvalue weighted by Gasteiger charge is 2.01. The monoisotopic (exact) mass is 206 g/mol. The summed E-state index contributed by atoms with van der Waals surface area (Å²) in [7, 11) is -2.17. The lowest BCUT2D eigenvalue weighted by molar-refractivity contribution is -0.0498. The Bertz CT molecular complexity index is 230. The Morgan fingerprint density at radius 1 is 1.07 bits per heavy atom. The van der Waals surface area contributed by atoms with Gasteiger partial charge in [-0.2, -0.15) is 8.78 Å². The van der Waals surface area contributed by atoms with Gasteiger partial charge in [-0.15, -0.1) is 0 Å². The summed E-state index contributed by atoms with van der Waals surface area (Å²) in [6.07, 6.45) is 0. The molecule has 1 aromatic carbocycles. The average molecular weight is 206 g/mol. The van der Waals surface area contributed by atoms with Gasteiger partial charge in [0.1, 0.15) is 5.75 Å². The van der Waals surface area contributed by atoms with Crippen molar-refractivity contribution >= 4 is 7.32 Å². The minimum Gasteiger partial charge on any atom is -0.435 e. The molecule has 0 saturated carbocycles. The molecular formula is C7H9BF2O4. The summed E-state index contributed by atoms with van der Waals surface area (Å²) in [4.78, 5) is 0. The summed E-state index contributed by atoms with van der Waals surface area (Å²) in [6.45, 7) is -2.73. The predicted molar refractivity (Wildman–Crippen MR) is 45.5 cm³/mol. The number of ether oxygens (including phenoxy) is 1. The second-order valence-electron chi connectivity index (χ2n) is 2.04. The maximum Gasteiger partial charge on any atom is 0.631 e. The zero-order valence-electron chi connectivity index (χ0n) is 7.05. The number of rotatable bonds is 2. The summed E-state index contributed by atoms with van der Waals surface area (Å²) in [5.74, 6) is 0.192. The topological polar surface area (TPSA) is 69.9 Å². The fraction of sp³-hybridized carbons (Fsp3) is 0.143. The van der Waals surface area contributed by atoms with E-state index in [0.717, 1.165) is 0 Å². The van der Waals surface area contributed by atoms with Gasteiger partial charge in [-0.3, -0.25) is 0 Å². The molecular weight excluding hydrogens is 197 g/mol. The van der Waals surface area contributed by atoms with Crippen LogP contribution in [-0.4, -0.2) is 29.0 Å². The minimum absolute atomic E-state index is 0.192. The van der Waals surface area contributed by atoms with Gasteiger partial charge < -0.3 is 19.8 Å². The lowest BCUT2D eigenvalue weighted by Gasteiger charge is -2.01. The molecule has 0 saturated heterocycles. The average Bonchev–Trinajstić information content (AvgIpc) is 2.03. The molecule has 0 amide bonds. The van der Waals surface area contributed by atoms with Crippen molar-refractivity contribution in [3.05, 3.63) is 30.3 Å². The quantitative estimate of drug-likeness (QED) is 0.606. The molecule has 0 radical (unpaired) electrons. The van der Waals surface area contributed by atoms with E-state index in [9.17, 15) is 8.78 Å². The molecule has 7 heteroatoms. The number of para-hydroxylation sites is 1. The van der Waals surface area contributed by atoms with Crippen molar-refractivity contribution in [2.24, 2.45) is 0 Å². The van der Waals surface area contributed by atoms with Gasteiger partial charge in [0.25, 0.3) is 0 Å². The van der Waals surface area contributed by atoms with E-state index in [1.807, 2.05) is 0 Å². The van der Waals surface area contributed by atoms with Crippen LogP contribution in [0.4, 0.5) is 8.78 Å². The largest absolute Gasteiger partial charge is 0.631 e. The molecule has 0 aliphatic rings. The van der Waals surface area contributed by atoms with Gasteiger partial charge in [0, 0.05) is 0 Å². The van der Waals surface area contributed by atoms with E-state index in [0.29, 0.717) is 0 Å². The third kappa shape index (κ3) is 8.92. The van der Waals surface area contributed by atoms with Gasteiger partial charge in [-0.25, -0.2) is 0 Å². The van der Waals surface area contributed by atoms with Crippen LogP contribution in [0.1, 0.15) is 0 Å². The van der Waals surface area contributed by atoms with E-state index in [1.165, 1.54) is 12.1 Å². The first-order valence-corrected chi connectivity index (χ1v) is 3.56. The van der Waals surface area contributed by atoms with E-state index in [-0.39, 0.29) is 5.75 Å². The standard InChI is InChI=1S/C7H6F2O.BH3O3/c8-7(9)10-6-4-2-1-3-5-6;2-1(3)4/h1-5,7H;2-4H. The van der Waals surface area contributed by atoms with Gasteiger partial charge >= 0.3 is 13.9 Å². The first-order chi connectivity index (χ1) is 6.52. The molecule has 0 heterocycles. The molecule has 0 fully saturated rings. The highest BCUT2D eigenvalue weighted by Crippen LogP contribution is 2.11. The summed E-state index contributed by atoms with van der Waals surface area (Å²) >= 11 is 0. The normalized spacial score (nSPS) is 9.00. The fourth-order valence-corrected chi connectivity index (χ4v) is 0.602. The van der Waals surface area contributed by atoms with Crippen molar-refractivity contribution in [1.82, 2.24) is 0 Å². The molecule has 0 unspecified atom stereocenters. The van der Waals surface area contributed by atoms with Crippen LogP contribution in [0.25, 0.3) is 0 Å². The van der Waals surface area contributed by atoms with Gasteiger partial charge in [0.2, 0.25) is 0 Å². The number of alkyl halides is 2. The van der Waals surface area contributed by atoms with E-state index in [2.05, 4.69) is 4.74 Å². The summed E-state index contributed by atoms with van der Waals surface area (Å²) < 4.78 is 27.1. The first kappa shape index (κ1) is 12.8. The van der Waals surface area contributed by atoms with Crippen molar-refractivity contribution in [2.75, 3.05) is 0 Å². The van der Waals surface area contributed by atoms with Crippen molar-refractivity contribution in [3.63, 3.8) is 0 Å². The molecule has 0 spiro atoms. The lowest BCUT2D eigenvalue weighted by atomic mass is 10.3. The van der Waals surface area contributed by atoms with Gasteiger partial charge in [-0.05, 0) is 12.1 Å². The van der Waals surface area contributed by atoms with Crippen LogP contribution in [0.3, 0.4) is 0 Å². The van der Waals surface area contributed by atoms with E-state index < -0.39 is 13.9 Å². The molecule has 0 bridgehead atoms. The Morgan fingerprint density at radius 3 is 1.86 bits per heavy atom. The molecule has 1 aromatic rings. The van der Waals surface area contributed by atoms with Crippen LogP contribution in [0.15, 0.2) is 30.3 Å². The number of hydrogen-bond acceptors (Lipinski definition) is 4. The molecule has 0 aliphatic heterocycles. The molecule has 4 nitrogen and oxygen atoms in total. The summed E-state index contributed by atoms with van der Waals surface area (Å²) in [5.41, 5.74) is 0. The number of halogens is 2. The minimum atomic E-state index is -2.73. The second kappa shape index (κ2) is 7.25. The van der Waals surface area contributed by atoms with E-state index >= 15 is 0 Å². The number of benzene rings is 1. The molecule has 3 N–H and O–H groups in total. The van der Waals surface area contributed by atoms with Crippen LogP contribution >= 0.6 is 0 Å². The van der Waals surface area contributed by atoms with Crippen molar-refractivity contribution in [3.8, 4) is 5.75 Å². The summed E-state index contributed by atoms with van der Waals surface area (Å²) in [6, 6.07) is 7.96. The van der Waals surface area contributed by atoms with E-state index in [4.69, 9.17) is 15.1 Å². The molecule has 0 aromatic heterocycles. The Kier molecular flexibility index (Phi) is 6.64. The predicted octanol–water partition coefficient (Wildman–Crippen LogP) is 0.236. The van der Waals surface area contributed by atoms with Crippen molar-refractivity contribution in [2.45, 2.75) is 6.61 Å². The SMILES string of the molecule is FC(F)Oc1ccccc1.OB(O)O. The van der Waals surface area contributed by atoms with Crippen LogP contribution in [0.5, 0.6) is 5.75 Å². The Labute approximate surface area is 79.6 Å². The van der Waals surface area contributed by atoms with Crippen LogP contribution in [0, 0.1) is 0 Å². The van der Waals surface area contributed by atoms with E-state index in [1.54, 1.807) is 18.2 Å².